The van der Waals surface area contributed by atoms with Gasteiger partial charge in [0.2, 0.25) is 5.95 Å². The Morgan fingerprint density at radius 2 is 2.00 bits per heavy atom. The number of nitrogens with one attached hydrogen (secondary N) is 2. The molecule has 0 aliphatic carbocycles. The fraction of sp³-hybridized carbons (Fsp3) is 0.357. The Hall–Kier alpha value is -2.37. The number of aryl methyl sites for hydroxylation is 1. The van der Waals surface area contributed by atoms with E-state index in [1.54, 1.807) is 12.4 Å². The van der Waals surface area contributed by atoms with Crippen molar-refractivity contribution in [3.8, 4) is 0 Å². The Morgan fingerprint density at radius 1 is 1.20 bits per heavy atom. The first kappa shape index (κ1) is 14.0. The molecule has 2 aromatic rings. The lowest BCUT2D eigenvalue weighted by Gasteiger charge is -2.12. The normalized spacial score (nSPS) is 10.3. The van der Waals surface area contributed by atoms with E-state index in [-0.39, 0.29) is 0 Å². The second-order valence-electron chi connectivity index (χ2n) is 4.45. The molecule has 2 rings (SSSR count). The number of nitrogen functional groups attached to an aromatic ring is 1. The first-order chi connectivity index (χ1) is 9.70. The molecule has 0 saturated carbocycles. The van der Waals surface area contributed by atoms with E-state index in [9.17, 15) is 0 Å². The van der Waals surface area contributed by atoms with Crippen molar-refractivity contribution in [3.63, 3.8) is 0 Å². The summed E-state index contributed by atoms with van der Waals surface area (Å²) in [4.78, 5) is 12.5. The highest BCUT2D eigenvalue weighted by molar-refractivity contribution is 5.49. The van der Waals surface area contributed by atoms with Crippen LogP contribution in [0.1, 0.15) is 18.2 Å². The summed E-state index contributed by atoms with van der Waals surface area (Å²) in [5, 5.41) is 6.56. The van der Waals surface area contributed by atoms with Gasteiger partial charge in [0.25, 0.3) is 0 Å². The number of hydrogen-bond donors (Lipinski definition) is 3. The number of aromatic nitrogens is 3. The fourth-order valence-corrected chi connectivity index (χ4v) is 1.95. The first-order valence-corrected chi connectivity index (χ1v) is 6.71. The van der Waals surface area contributed by atoms with Crippen molar-refractivity contribution in [1.82, 2.24) is 15.0 Å². The Kier molecular flexibility index (Phi) is 4.70. The fourth-order valence-electron chi connectivity index (χ4n) is 1.95. The summed E-state index contributed by atoms with van der Waals surface area (Å²) >= 11 is 0. The van der Waals surface area contributed by atoms with Gasteiger partial charge in [0.05, 0.1) is 11.4 Å². The van der Waals surface area contributed by atoms with Crippen LogP contribution in [0.5, 0.6) is 0 Å². The number of rotatable bonds is 6. The molecule has 0 radical (unpaired) electrons. The van der Waals surface area contributed by atoms with Crippen LogP contribution in [0.2, 0.25) is 0 Å². The summed E-state index contributed by atoms with van der Waals surface area (Å²) < 4.78 is 0. The minimum absolute atomic E-state index is 0.315. The molecular weight excluding hydrogens is 252 g/mol. The maximum absolute atomic E-state index is 5.71. The van der Waals surface area contributed by atoms with Gasteiger partial charge in [-0.1, -0.05) is 6.92 Å². The van der Waals surface area contributed by atoms with Crippen molar-refractivity contribution >= 4 is 17.5 Å². The number of hydrogen-bond acceptors (Lipinski definition) is 6. The zero-order valence-corrected chi connectivity index (χ0v) is 11.8. The van der Waals surface area contributed by atoms with Crippen LogP contribution >= 0.6 is 0 Å². The largest absolute Gasteiger partial charge is 0.382 e. The van der Waals surface area contributed by atoms with Gasteiger partial charge < -0.3 is 16.4 Å². The van der Waals surface area contributed by atoms with Gasteiger partial charge >= 0.3 is 0 Å². The molecule has 6 heteroatoms. The highest BCUT2D eigenvalue weighted by atomic mass is 15.1. The standard InChI is InChI=1S/C14H20N6/c1-3-12-10(2)13(20-14(15)19-12)18-8-7-17-11-5-4-6-16-9-11/h4-6,9,17H,3,7-8H2,1-2H3,(H3,15,18,19,20). The lowest BCUT2D eigenvalue weighted by Crippen LogP contribution is -2.16. The van der Waals surface area contributed by atoms with Gasteiger partial charge in [-0.2, -0.15) is 4.98 Å². The van der Waals surface area contributed by atoms with E-state index in [1.165, 1.54) is 0 Å². The highest BCUT2D eigenvalue weighted by Crippen LogP contribution is 2.16. The number of anilines is 3. The Bertz CT molecular complexity index is 555. The summed E-state index contributed by atoms with van der Waals surface area (Å²) in [6, 6.07) is 3.88. The van der Waals surface area contributed by atoms with Crippen LogP contribution in [-0.4, -0.2) is 28.0 Å². The molecule has 0 saturated heterocycles. The van der Waals surface area contributed by atoms with Gasteiger partial charge in [-0.05, 0) is 25.5 Å². The number of pyridine rings is 1. The summed E-state index contributed by atoms with van der Waals surface area (Å²) in [6.07, 6.45) is 4.40. The summed E-state index contributed by atoms with van der Waals surface area (Å²) in [5.74, 6) is 1.12. The van der Waals surface area contributed by atoms with E-state index in [1.807, 2.05) is 19.1 Å². The SMILES string of the molecule is CCc1nc(N)nc(NCCNc2cccnc2)c1C. The zero-order chi connectivity index (χ0) is 14.4. The quantitative estimate of drug-likeness (QED) is 0.695. The van der Waals surface area contributed by atoms with Crippen LogP contribution in [0, 0.1) is 6.92 Å². The molecule has 0 aliphatic heterocycles. The molecule has 6 nitrogen and oxygen atoms in total. The molecule has 2 aromatic heterocycles. The molecule has 0 bridgehead atoms. The first-order valence-electron chi connectivity index (χ1n) is 6.71. The lowest BCUT2D eigenvalue weighted by atomic mass is 10.2. The molecule has 4 N–H and O–H groups in total. The number of nitrogens with two attached hydrogens (primary N) is 1. The summed E-state index contributed by atoms with van der Waals surface area (Å²) in [5.41, 5.74) is 8.76. The Balaban J connectivity index is 1.90. The third-order valence-corrected chi connectivity index (χ3v) is 3.01. The molecule has 0 atom stereocenters. The lowest BCUT2D eigenvalue weighted by molar-refractivity contribution is 0.966. The van der Waals surface area contributed by atoms with E-state index in [2.05, 4.69) is 32.5 Å². The molecule has 106 valence electrons. The average molecular weight is 272 g/mol. The van der Waals surface area contributed by atoms with Crippen molar-refractivity contribution < 1.29 is 0 Å². The van der Waals surface area contributed by atoms with E-state index < -0.39 is 0 Å². The average Bonchev–Trinajstić information content (AvgIpc) is 2.47. The second-order valence-corrected chi connectivity index (χ2v) is 4.45. The molecule has 0 spiro atoms. The minimum atomic E-state index is 0.315. The third kappa shape index (κ3) is 3.57. The van der Waals surface area contributed by atoms with Gasteiger partial charge in [-0.15, -0.1) is 0 Å². The van der Waals surface area contributed by atoms with Gasteiger partial charge in [-0.25, -0.2) is 4.98 Å². The zero-order valence-electron chi connectivity index (χ0n) is 11.8. The number of nitrogens with zero attached hydrogens (tertiary/aromatic N) is 3. The molecule has 0 aliphatic rings. The van der Waals surface area contributed by atoms with E-state index in [4.69, 9.17) is 5.73 Å². The monoisotopic (exact) mass is 272 g/mol. The van der Waals surface area contributed by atoms with Crippen molar-refractivity contribution in [2.24, 2.45) is 0 Å². The van der Waals surface area contributed by atoms with Gasteiger partial charge in [0, 0.05) is 31.0 Å². The van der Waals surface area contributed by atoms with Crippen molar-refractivity contribution in [1.29, 1.82) is 0 Å². The van der Waals surface area contributed by atoms with Crippen molar-refractivity contribution in [3.05, 3.63) is 35.8 Å². The summed E-state index contributed by atoms with van der Waals surface area (Å²) in [6.45, 7) is 5.59. The van der Waals surface area contributed by atoms with Crippen LogP contribution in [0.3, 0.4) is 0 Å². The predicted octanol–water partition coefficient (Wildman–Crippen LogP) is 1.85. The molecule has 0 unspecified atom stereocenters. The van der Waals surface area contributed by atoms with Crippen molar-refractivity contribution in [2.75, 3.05) is 29.5 Å². The van der Waals surface area contributed by atoms with Gasteiger partial charge in [0.1, 0.15) is 5.82 Å². The van der Waals surface area contributed by atoms with E-state index in [0.717, 1.165) is 42.3 Å². The van der Waals surface area contributed by atoms with Gasteiger partial charge in [-0.3, -0.25) is 4.98 Å². The molecular formula is C14H20N6. The Morgan fingerprint density at radius 3 is 2.70 bits per heavy atom. The molecule has 0 aromatic carbocycles. The molecule has 2 heterocycles. The highest BCUT2D eigenvalue weighted by Gasteiger charge is 2.07. The Labute approximate surface area is 118 Å². The second kappa shape index (κ2) is 6.70. The molecule has 0 fully saturated rings. The van der Waals surface area contributed by atoms with E-state index in [0.29, 0.717) is 5.95 Å². The molecule has 0 amide bonds. The van der Waals surface area contributed by atoms with Crippen LogP contribution in [0.15, 0.2) is 24.5 Å². The maximum Gasteiger partial charge on any atom is 0.222 e. The third-order valence-electron chi connectivity index (χ3n) is 3.01. The van der Waals surface area contributed by atoms with Crippen LogP contribution < -0.4 is 16.4 Å². The van der Waals surface area contributed by atoms with Crippen LogP contribution in [0.25, 0.3) is 0 Å². The maximum atomic E-state index is 5.71. The van der Waals surface area contributed by atoms with Crippen molar-refractivity contribution in [2.45, 2.75) is 20.3 Å². The molecule has 20 heavy (non-hydrogen) atoms. The minimum Gasteiger partial charge on any atom is -0.382 e. The topological polar surface area (TPSA) is 88.8 Å². The van der Waals surface area contributed by atoms with Crippen LogP contribution in [-0.2, 0) is 6.42 Å². The predicted molar refractivity (Wildman–Crippen MR) is 81.8 cm³/mol. The smallest absolute Gasteiger partial charge is 0.222 e. The van der Waals surface area contributed by atoms with E-state index >= 15 is 0 Å². The van der Waals surface area contributed by atoms with Crippen LogP contribution in [0.4, 0.5) is 17.5 Å². The summed E-state index contributed by atoms with van der Waals surface area (Å²) in [7, 11) is 0. The van der Waals surface area contributed by atoms with Gasteiger partial charge in [0.15, 0.2) is 0 Å².